The van der Waals surface area contributed by atoms with Crippen LogP contribution in [0.15, 0.2) is 77.5 Å². The molecule has 0 radical (unpaired) electrons. The number of nitrogens with zero attached hydrogens (tertiary/aromatic N) is 1. The number of carbonyl (C=O) groups excluding carboxylic acids is 4. The number of hydrogen-bond acceptors (Lipinski definition) is 6. The molecule has 8 nitrogen and oxygen atoms in total. The number of anilines is 3. The fraction of sp³-hybridized carbons (Fsp3) is 0.0400. The van der Waals surface area contributed by atoms with E-state index in [1.807, 2.05) is 0 Å². The second-order valence-corrected chi connectivity index (χ2v) is 8.68. The summed E-state index contributed by atoms with van der Waals surface area (Å²) in [5, 5.41) is 5.65. The number of carbonyl (C=O) groups is 4. The van der Waals surface area contributed by atoms with Crippen LogP contribution in [0.3, 0.4) is 0 Å². The Morgan fingerprint density at radius 2 is 1.56 bits per heavy atom. The fourth-order valence-corrected chi connectivity index (χ4v) is 3.96. The Bertz CT molecular complexity index is 1440. The number of halogens is 3. The lowest BCUT2D eigenvalue weighted by molar-refractivity contribution is -0.120. The Morgan fingerprint density at radius 1 is 0.833 bits per heavy atom. The van der Waals surface area contributed by atoms with Gasteiger partial charge in [0.25, 0.3) is 17.7 Å². The van der Waals surface area contributed by atoms with Crippen molar-refractivity contribution in [2.45, 2.75) is 0 Å². The quantitative estimate of drug-likeness (QED) is 0.315. The van der Waals surface area contributed by atoms with Crippen LogP contribution in [-0.4, -0.2) is 30.8 Å². The van der Waals surface area contributed by atoms with Crippen molar-refractivity contribution in [3.05, 3.63) is 98.6 Å². The van der Waals surface area contributed by atoms with Crippen LogP contribution in [0.25, 0.3) is 0 Å². The van der Waals surface area contributed by atoms with E-state index >= 15 is 0 Å². The number of benzene rings is 3. The summed E-state index contributed by atoms with van der Waals surface area (Å²) < 4.78 is 4.68. The van der Waals surface area contributed by atoms with Crippen molar-refractivity contribution >= 4 is 75.6 Å². The van der Waals surface area contributed by atoms with Gasteiger partial charge >= 0.3 is 5.97 Å². The Morgan fingerprint density at radius 3 is 2.25 bits per heavy atom. The summed E-state index contributed by atoms with van der Waals surface area (Å²) in [5.74, 6) is -2.40. The number of nitrogens with one attached hydrogen (secondary N) is 2. The van der Waals surface area contributed by atoms with Crippen LogP contribution in [0, 0.1) is 0 Å². The molecule has 1 aliphatic rings. The molecule has 1 aliphatic heterocycles. The molecule has 0 saturated carbocycles. The molecule has 4 rings (SSSR count). The van der Waals surface area contributed by atoms with Crippen LogP contribution in [0.4, 0.5) is 17.1 Å². The fourth-order valence-electron chi connectivity index (χ4n) is 3.38. The third kappa shape index (κ3) is 5.06. The Labute approximate surface area is 220 Å². The molecular formula is C25H16Cl3N3O5. The summed E-state index contributed by atoms with van der Waals surface area (Å²) >= 11 is 18.3. The first-order valence-electron chi connectivity index (χ1n) is 10.3. The van der Waals surface area contributed by atoms with Crippen LogP contribution < -0.4 is 15.5 Å². The van der Waals surface area contributed by atoms with Crippen molar-refractivity contribution in [2.75, 3.05) is 22.6 Å². The highest BCUT2D eigenvalue weighted by atomic mass is 35.5. The Balaban J connectivity index is 1.48. The van der Waals surface area contributed by atoms with Crippen molar-refractivity contribution in [3.8, 4) is 0 Å². The molecule has 0 aromatic heterocycles. The van der Waals surface area contributed by atoms with E-state index in [1.54, 1.807) is 30.3 Å². The number of rotatable bonds is 6. The molecule has 1 heterocycles. The number of methoxy groups -OCH3 is 1. The molecule has 3 amide bonds. The van der Waals surface area contributed by atoms with Crippen molar-refractivity contribution in [1.29, 1.82) is 0 Å². The summed E-state index contributed by atoms with van der Waals surface area (Å²) in [7, 11) is 1.27. The smallest absolute Gasteiger partial charge is 0.337 e. The number of imide groups is 1. The minimum Gasteiger partial charge on any atom is -0.465 e. The zero-order valence-corrected chi connectivity index (χ0v) is 20.7. The van der Waals surface area contributed by atoms with Crippen LogP contribution >= 0.6 is 34.8 Å². The van der Waals surface area contributed by atoms with Gasteiger partial charge in [0.2, 0.25) is 0 Å². The second kappa shape index (κ2) is 10.4. The number of ether oxygens (including phenoxy) is 1. The molecule has 0 fully saturated rings. The zero-order chi connectivity index (χ0) is 26.0. The van der Waals surface area contributed by atoms with E-state index < -0.39 is 23.7 Å². The first kappa shape index (κ1) is 25.2. The van der Waals surface area contributed by atoms with Crippen LogP contribution in [0.1, 0.15) is 20.7 Å². The predicted octanol–water partition coefficient (Wildman–Crippen LogP) is 5.47. The average molecular weight is 545 g/mol. The normalized spacial score (nSPS) is 13.2. The number of esters is 1. The van der Waals surface area contributed by atoms with Gasteiger partial charge in [0.1, 0.15) is 10.7 Å². The van der Waals surface area contributed by atoms with Gasteiger partial charge in [0.15, 0.2) is 0 Å². The molecule has 0 atom stereocenters. The minimum absolute atomic E-state index is 0.109. The highest BCUT2D eigenvalue weighted by molar-refractivity contribution is 6.54. The summed E-state index contributed by atoms with van der Waals surface area (Å²) in [4.78, 5) is 50.8. The number of hydrogen-bond donors (Lipinski definition) is 2. The SMILES string of the molecule is COC(=O)c1cccc(NC(=O)c2ccc(NC3=C(Cl)C(=O)N(c4cc(Cl)ccc4Cl)C3=O)cc2)c1. The van der Waals surface area contributed by atoms with E-state index in [9.17, 15) is 19.2 Å². The predicted molar refractivity (Wildman–Crippen MR) is 138 cm³/mol. The highest BCUT2D eigenvalue weighted by Crippen LogP contribution is 2.35. The van der Waals surface area contributed by atoms with E-state index in [1.165, 1.54) is 43.5 Å². The third-order valence-electron chi connectivity index (χ3n) is 5.13. The Kier molecular flexibility index (Phi) is 7.30. The van der Waals surface area contributed by atoms with Gasteiger partial charge < -0.3 is 15.4 Å². The van der Waals surface area contributed by atoms with E-state index in [4.69, 9.17) is 34.8 Å². The lowest BCUT2D eigenvalue weighted by Gasteiger charge is -2.17. The average Bonchev–Trinajstić information content (AvgIpc) is 3.08. The molecule has 0 unspecified atom stereocenters. The largest absolute Gasteiger partial charge is 0.465 e. The monoisotopic (exact) mass is 543 g/mol. The zero-order valence-electron chi connectivity index (χ0n) is 18.5. The van der Waals surface area contributed by atoms with E-state index in [0.717, 1.165) is 4.90 Å². The molecular weight excluding hydrogens is 529 g/mol. The molecule has 2 N–H and O–H groups in total. The minimum atomic E-state index is -0.751. The molecule has 3 aromatic carbocycles. The lowest BCUT2D eigenvalue weighted by Crippen LogP contribution is -2.32. The van der Waals surface area contributed by atoms with E-state index in [2.05, 4.69) is 15.4 Å². The molecule has 36 heavy (non-hydrogen) atoms. The van der Waals surface area contributed by atoms with Crippen molar-refractivity contribution < 1.29 is 23.9 Å². The molecule has 0 bridgehead atoms. The van der Waals surface area contributed by atoms with Gasteiger partial charge in [0, 0.05) is 22.0 Å². The van der Waals surface area contributed by atoms with E-state index in [0.29, 0.717) is 27.5 Å². The van der Waals surface area contributed by atoms with Crippen LogP contribution in [0.2, 0.25) is 10.0 Å². The summed E-state index contributed by atoms with van der Waals surface area (Å²) in [6.45, 7) is 0. The third-order valence-corrected chi connectivity index (χ3v) is 6.04. The van der Waals surface area contributed by atoms with Gasteiger partial charge in [-0.05, 0) is 60.7 Å². The first-order chi connectivity index (χ1) is 17.2. The molecule has 11 heteroatoms. The molecule has 182 valence electrons. The van der Waals surface area contributed by atoms with Gasteiger partial charge in [-0.2, -0.15) is 0 Å². The second-order valence-electron chi connectivity index (χ2n) is 7.46. The van der Waals surface area contributed by atoms with Gasteiger partial charge in [-0.1, -0.05) is 40.9 Å². The molecule has 0 spiro atoms. The maximum Gasteiger partial charge on any atom is 0.337 e. The number of amides is 3. The van der Waals surface area contributed by atoms with Crippen LogP contribution in [0.5, 0.6) is 0 Å². The first-order valence-corrected chi connectivity index (χ1v) is 11.4. The summed E-state index contributed by atoms with van der Waals surface area (Å²) in [6.07, 6.45) is 0. The molecule has 0 aliphatic carbocycles. The topological polar surface area (TPSA) is 105 Å². The van der Waals surface area contributed by atoms with Gasteiger partial charge in [-0.25, -0.2) is 9.69 Å². The maximum absolute atomic E-state index is 13.0. The van der Waals surface area contributed by atoms with Crippen molar-refractivity contribution in [1.82, 2.24) is 0 Å². The van der Waals surface area contributed by atoms with Crippen molar-refractivity contribution in [3.63, 3.8) is 0 Å². The molecule has 0 saturated heterocycles. The lowest BCUT2D eigenvalue weighted by atomic mass is 10.1. The van der Waals surface area contributed by atoms with Gasteiger partial charge in [-0.3, -0.25) is 14.4 Å². The Hall–Kier alpha value is -3.85. The summed E-state index contributed by atoms with van der Waals surface area (Å²) in [5.41, 5.74) is 1.39. The standard InChI is InChI=1S/C25H16Cl3N3O5/c1-36-25(35)14-3-2-4-17(11-14)30-22(32)13-5-8-16(9-6-13)29-21-20(28)23(33)31(24(21)34)19-12-15(26)7-10-18(19)27/h2-12,29H,1H3,(H,30,32). The molecule has 3 aromatic rings. The van der Waals surface area contributed by atoms with Crippen LogP contribution in [-0.2, 0) is 14.3 Å². The van der Waals surface area contributed by atoms with Gasteiger partial charge in [-0.15, -0.1) is 0 Å². The van der Waals surface area contributed by atoms with Crippen molar-refractivity contribution in [2.24, 2.45) is 0 Å². The summed E-state index contributed by atoms with van der Waals surface area (Å²) in [6, 6.07) is 16.8. The maximum atomic E-state index is 13.0. The highest BCUT2D eigenvalue weighted by Gasteiger charge is 2.40. The van der Waals surface area contributed by atoms with Gasteiger partial charge in [0.05, 0.1) is 23.4 Å². The van der Waals surface area contributed by atoms with E-state index in [-0.39, 0.29) is 21.4 Å².